The van der Waals surface area contributed by atoms with E-state index in [2.05, 4.69) is 9.97 Å². The number of carbonyl (C=O) groups is 1. The molecule has 2 heterocycles. The van der Waals surface area contributed by atoms with Gasteiger partial charge in [0.05, 0.1) is 12.7 Å². The molecule has 0 aliphatic carbocycles. The van der Waals surface area contributed by atoms with E-state index in [4.69, 9.17) is 25.5 Å². The number of pyridine rings is 1. The van der Waals surface area contributed by atoms with Gasteiger partial charge in [-0.15, -0.1) is 0 Å². The fourth-order valence-electron chi connectivity index (χ4n) is 2.18. The molecule has 0 saturated heterocycles. The van der Waals surface area contributed by atoms with Gasteiger partial charge in [-0.25, -0.2) is 14.8 Å². The highest BCUT2D eigenvalue weighted by Crippen LogP contribution is 2.29. The van der Waals surface area contributed by atoms with Gasteiger partial charge in [0.2, 0.25) is 11.8 Å². The van der Waals surface area contributed by atoms with Gasteiger partial charge < -0.3 is 13.9 Å². The molecule has 0 amide bonds. The van der Waals surface area contributed by atoms with Crippen molar-refractivity contribution in [2.24, 2.45) is 0 Å². The number of hydrogen-bond acceptors (Lipinski definition) is 6. The van der Waals surface area contributed by atoms with Crippen molar-refractivity contribution in [3.05, 3.63) is 64.6 Å². The Kier molecular flexibility index (Phi) is 5.00. The van der Waals surface area contributed by atoms with E-state index in [-0.39, 0.29) is 23.3 Å². The number of rotatable bonds is 5. The number of oxazole rings is 1. The van der Waals surface area contributed by atoms with E-state index in [1.165, 1.54) is 7.11 Å². The van der Waals surface area contributed by atoms with Crippen LogP contribution in [0.15, 0.2) is 46.9 Å². The van der Waals surface area contributed by atoms with Crippen LogP contribution in [0.25, 0.3) is 11.5 Å². The summed E-state index contributed by atoms with van der Waals surface area (Å²) in [4.78, 5) is 20.5. The number of halogens is 1. The number of aromatic nitrogens is 2. The molecule has 0 unspecified atom stereocenters. The lowest BCUT2D eigenvalue weighted by molar-refractivity contribution is 0.0464. The van der Waals surface area contributed by atoms with Crippen LogP contribution in [-0.4, -0.2) is 23.0 Å². The molecule has 0 fully saturated rings. The molecule has 0 saturated carbocycles. The summed E-state index contributed by atoms with van der Waals surface area (Å²) in [5.41, 5.74) is 1.46. The fourth-order valence-corrected chi connectivity index (χ4v) is 2.41. The Morgan fingerprint density at radius 3 is 2.60 bits per heavy atom. The fraction of sp³-hybridized carbons (Fsp3) is 0.167. The van der Waals surface area contributed by atoms with Crippen molar-refractivity contribution in [3.8, 4) is 17.3 Å². The van der Waals surface area contributed by atoms with E-state index < -0.39 is 5.97 Å². The first kappa shape index (κ1) is 17.0. The minimum absolute atomic E-state index is 0.109. The molecule has 3 aromatic rings. The number of nitrogens with zero attached hydrogens (tertiary/aromatic N) is 2. The van der Waals surface area contributed by atoms with Crippen LogP contribution in [0.5, 0.6) is 5.88 Å². The Morgan fingerprint density at radius 2 is 1.92 bits per heavy atom. The number of aryl methyl sites for hydroxylation is 1. The molecular weight excluding hydrogens is 344 g/mol. The summed E-state index contributed by atoms with van der Waals surface area (Å²) in [6.45, 7) is 1.80. The van der Waals surface area contributed by atoms with Gasteiger partial charge in [-0.3, -0.25) is 0 Å². The zero-order valence-electron chi connectivity index (χ0n) is 13.7. The van der Waals surface area contributed by atoms with Gasteiger partial charge >= 0.3 is 5.97 Å². The molecule has 3 rings (SSSR count). The third-order valence-corrected chi connectivity index (χ3v) is 3.75. The monoisotopic (exact) mass is 358 g/mol. The molecule has 0 spiro atoms. The van der Waals surface area contributed by atoms with E-state index in [9.17, 15) is 4.79 Å². The van der Waals surface area contributed by atoms with Crippen LogP contribution in [0, 0.1) is 6.92 Å². The Hall–Kier alpha value is -2.86. The highest BCUT2D eigenvalue weighted by atomic mass is 35.5. The van der Waals surface area contributed by atoms with Gasteiger partial charge in [-0.1, -0.05) is 41.9 Å². The summed E-state index contributed by atoms with van der Waals surface area (Å²) in [6.07, 6.45) is 0. The van der Waals surface area contributed by atoms with Crippen molar-refractivity contribution < 1.29 is 18.7 Å². The molecule has 1 aromatic carbocycles. The molecule has 0 atom stereocenters. The van der Waals surface area contributed by atoms with Crippen molar-refractivity contribution in [1.29, 1.82) is 0 Å². The number of methoxy groups -OCH3 is 1. The van der Waals surface area contributed by atoms with Crippen LogP contribution < -0.4 is 4.74 Å². The standard InChI is InChI=1S/C18H15ClN2O4/c1-11-15(18(22)24-10-12-6-4-3-5-7-12)21-17(25-11)13-8-9-14(23-2)20-16(13)19/h3-9H,10H2,1-2H3. The van der Waals surface area contributed by atoms with E-state index in [1.54, 1.807) is 19.1 Å². The van der Waals surface area contributed by atoms with E-state index in [0.717, 1.165) is 5.56 Å². The average Bonchev–Trinajstić information content (AvgIpc) is 3.02. The smallest absolute Gasteiger partial charge is 0.360 e. The number of benzene rings is 1. The van der Waals surface area contributed by atoms with Crippen LogP contribution in [-0.2, 0) is 11.3 Å². The Bertz CT molecular complexity index is 893. The predicted molar refractivity (Wildman–Crippen MR) is 91.6 cm³/mol. The lowest BCUT2D eigenvalue weighted by Crippen LogP contribution is -2.07. The molecule has 0 N–H and O–H groups in total. The highest BCUT2D eigenvalue weighted by Gasteiger charge is 2.21. The number of esters is 1. The maximum absolute atomic E-state index is 12.3. The Morgan fingerprint density at radius 1 is 1.16 bits per heavy atom. The molecule has 128 valence electrons. The van der Waals surface area contributed by atoms with Crippen molar-refractivity contribution in [2.45, 2.75) is 13.5 Å². The summed E-state index contributed by atoms with van der Waals surface area (Å²) >= 11 is 6.12. The van der Waals surface area contributed by atoms with E-state index >= 15 is 0 Å². The minimum Gasteiger partial charge on any atom is -0.481 e. The number of carbonyl (C=O) groups excluding carboxylic acids is 1. The van der Waals surface area contributed by atoms with E-state index in [0.29, 0.717) is 17.2 Å². The summed E-state index contributed by atoms with van der Waals surface area (Å²) < 4.78 is 15.8. The van der Waals surface area contributed by atoms with E-state index in [1.807, 2.05) is 30.3 Å². The molecule has 6 nitrogen and oxygen atoms in total. The molecular formula is C18H15ClN2O4. The Labute approximate surface area is 149 Å². The zero-order chi connectivity index (χ0) is 17.8. The zero-order valence-corrected chi connectivity index (χ0v) is 14.4. The van der Waals surface area contributed by atoms with Crippen LogP contribution in [0.4, 0.5) is 0 Å². The minimum atomic E-state index is -0.561. The van der Waals surface area contributed by atoms with Crippen LogP contribution in [0.2, 0.25) is 5.15 Å². The van der Waals surface area contributed by atoms with Crippen LogP contribution in [0.3, 0.4) is 0 Å². The lowest BCUT2D eigenvalue weighted by Gasteiger charge is -2.03. The number of hydrogen-bond donors (Lipinski definition) is 0. The van der Waals surface area contributed by atoms with Crippen molar-refractivity contribution in [1.82, 2.24) is 9.97 Å². The maximum Gasteiger partial charge on any atom is 0.360 e. The molecule has 0 aliphatic rings. The van der Waals surface area contributed by atoms with Crippen molar-refractivity contribution in [3.63, 3.8) is 0 Å². The second-order valence-electron chi connectivity index (χ2n) is 5.18. The van der Waals surface area contributed by atoms with Crippen molar-refractivity contribution in [2.75, 3.05) is 7.11 Å². The summed E-state index contributed by atoms with van der Waals surface area (Å²) in [7, 11) is 1.49. The first-order valence-electron chi connectivity index (χ1n) is 7.48. The normalized spacial score (nSPS) is 10.5. The second kappa shape index (κ2) is 7.36. The topological polar surface area (TPSA) is 74.5 Å². The van der Waals surface area contributed by atoms with Gasteiger partial charge in [-0.2, -0.15) is 0 Å². The summed E-state index contributed by atoms with van der Waals surface area (Å²) in [5.74, 6) is 0.359. The second-order valence-corrected chi connectivity index (χ2v) is 5.54. The predicted octanol–water partition coefficient (Wildman–Crippen LogP) is 4.06. The summed E-state index contributed by atoms with van der Waals surface area (Å²) in [5, 5.41) is 0.171. The molecule has 2 aromatic heterocycles. The molecule has 0 bridgehead atoms. The average molecular weight is 359 g/mol. The SMILES string of the molecule is COc1ccc(-c2nc(C(=O)OCc3ccccc3)c(C)o2)c(Cl)n1. The van der Waals surface area contributed by atoms with Crippen LogP contribution in [0.1, 0.15) is 21.8 Å². The van der Waals surface area contributed by atoms with Gasteiger partial charge in [0.15, 0.2) is 5.69 Å². The molecule has 0 aliphatic heterocycles. The molecule has 25 heavy (non-hydrogen) atoms. The molecule has 7 heteroatoms. The maximum atomic E-state index is 12.3. The summed E-state index contributed by atoms with van der Waals surface area (Å²) in [6, 6.07) is 12.7. The van der Waals surface area contributed by atoms with Gasteiger partial charge in [0.25, 0.3) is 0 Å². The van der Waals surface area contributed by atoms with Gasteiger partial charge in [-0.05, 0) is 18.6 Å². The lowest BCUT2D eigenvalue weighted by atomic mass is 10.2. The molecule has 0 radical (unpaired) electrons. The first-order valence-corrected chi connectivity index (χ1v) is 7.85. The van der Waals surface area contributed by atoms with Gasteiger partial charge in [0, 0.05) is 6.07 Å². The third-order valence-electron chi connectivity index (χ3n) is 3.47. The number of ether oxygens (including phenoxy) is 2. The first-order chi connectivity index (χ1) is 12.1. The third kappa shape index (κ3) is 3.80. The quantitative estimate of drug-likeness (QED) is 0.505. The van der Waals surface area contributed by atoms with Gasteiger partial charge in [0.1, 0.15) is 17.5 Å². The largest absolute Gasteiger partial charge is 0.481 e. The highest BCUT2D eigenvalue weighted by molar-refractivity contribution is 6.32. The van der Waals surface area contributed by atoms with Crippen LogP contribution >= 0.6 is 11.6 Å². The van der Waals surface area contributed by atoms with Crippen molar-refractivity contribution >= 4 is 17.6 Å². The Balaban J connectivity index is 1.79.